The Morgan fingerprint density at radius 1 is 1.50 bits per heavy atom. The van der Waals surface area contributed by atoms with Gasteiger partial charge in [-0.25, -0.2) is 0 Å². The van der Waals surface area contributed by atoms with Gasteiger partial charge in [0, 0.05) is 24.1 Å². The van der Waals surface area contributed by atoms with Crippen molar-refractivity contribution in [3.63, 3.8) is 0 Å². The lowest BCUT2D eigenvalue weighted by atomic mass is 9.92. The molecule has 2 heterocycles. The van der Waals surface area contributed by atoms with Gasteiger partial charge < -0.3 is 14.5 Å². The fourth-order valence-corrected chi connectivity index (χ4v) is 2.53. The van der Waals surface area contributed by atoms with Crippen LogP contribution in [0.15, 0.2) is 10.5 Å². The minimum atomic E-state index is 0.380. The Balaban J connectivity index is 2.20. The summed E-state index contributed by atoms with van der Waals surface area (Å²) >= 11 is 0. The van der Waals surface area contributed by atoms with Crippen LogP contribution in [0.4, 0.5) is 0 Å². The molecule has 2 unspecified atom stereocenters. The van der Waals surface area contributed by atoms with Gasteiger partial charge in [0.1, 0.15) is 11.5 Å². The minimum absolute atomic E-state index is 0.380. The van der Waals surface area contributed by atoms with Gasteiger partial charge in [-0.3, -0.25) is 0 Å². The Labute approximate surface area is 97.2 Å². The number of rotatable bonds is 4. The molecule has 0 amide bonds. The predicted molar refractivity (Wildman–Crippen MR) is 63.5 cm³/mol. The van der Waals surface area contributed by atoms with Crippen molar-refractivity contribution in [3.05, 3.63) is 23.2 Å². The van der Waals surface area contributed by atoms with Gasteiger partial charge in [0.25, 0.3) is 0 Å². The molecular formula is C13H21NO2. The molecule has 3 heteroatoms. The fourth-order valence-electron chi connectivity index (χ4n) is 2.53. The second-order valence-electron chi connectivity index (χ2n) is 4.53. The Bertz CT molecular complexity index is 340. The first-order valence-corrected chi connectivity index (χ1v) is 6.10. The molecule has 16 heavy (non-hydrogen) atoms. The van der Waals surface area contributed by atoms with Gasteiger partial charge in [0.05, 0.1) is 6.61 Å². The largest absolute Gasteiger partial charge is 0.466 e. The summed E-state index contributed by atoms with van der Waals surface area (Å²) in [5.41, 5.74) is 1.30. The first-order chi connectivity index (χ1) is 7.72. The van der Waals surface area contributed by atoms with Crippen LogP contribution in [0.2, 0.25) is 0 Å². The van der Waals surface area contributed by atoms with Gasteiger partial charge in [0.15, 0.2) is 0 Å². The second-order valence-corrected chi connectivity index (χ2v) is 4.53. The van der Waals surface area contributed by atoms with Crippen LogP contribution in [0, 0.1) is 19.8 Å². The van der Waals surface area contributed by atoms with Crippen molar-refractivity contribution in [1.29, 1.82) is 0 Å². The second kappa shape index (κ2) is 5.02. The summed E-state index contributed by atoms with van der Waals surface area (Å²) in [6.45, 7) is 8.92. The SMILES string of the molecule is CCNC(c1cc(C)oc1C)C1CCOC1. The highest BCUT2D eigenvalue weighted by Crippen LogP contribution is 2.32. The van der Waals surface area contributed by atoms with Crippen LogP contribution in [-0.2, 0) is 4.74 Å². The molecule has 1 aromatic heterocycles. The van der Waals surface area contributed by atoms with E-state index in [9.17, 15) is 0 Å². The first-order valence-electron chi connectivity index (χ1n) is 6.10. The minimum Gasteiger partial charge on any atom is -0.466 e. The number of ether oxygens (including phenoxy) is 1. The molecule has 0 radical (unpaired) electrons. The van der Waals surface area contributed by atoms with Crippen molar-refractivity contribution in [2.75, 3.05) is 19.8 Å². The lowest BCUT2D eigenvalue weighted by Gasteiger charge is -2.22. The molecule has 1 aliphatic rings. The molecule has 0 spiro atoms. The van der Waals surface area contributed by atoms with E-state index in [1.807, 2.05) is 13.8 Å². The van der Waals surface area contributed by atoms with Gasteiger partial charge >= 0.3 is 0 Å². The van der Waals surface area contributed by atoms with Crippen molar-refractivity contribution < 1.29 is 9.15 Å². The van der Waals surface area contributed by atoms with Crippen LogP contribution < -0.4 is 5.32 Å². The van der Waals surface area contributed by atoms with Crippen molar-refractivity contribution in [1.82, 2.24) is 5.32 Å². The highest BCUT2D eigenvalue weighted by atomic mass is 16.5. The van der Waals surface area contributed by atoms with Gasteiger partial charge in [-0.2, -0.15) is 0 Å². The summed E-state index contributed by atoms with van der Waals surface area (Å²) in [4.78, 5) is 0. The third-order valence-corrected chi connectivity index (χ3v) is 3.27. The zero-order valence-corrected chi connectivity index (χ0v) is 10.4. The van der Waals surface area contributed by atoms with E-state index >= 15 is 0 Å². The maximum Gasteiger partial charge on any atom is 0.105 e. The molecule has 0 aromatic carbocycles. The van der Waals surface area contributed by atoms with Gasteiger partial charge in [-0.15, -0.1) is 0 Å². The first kappa shape index (κ1) is 11.7. The standard InChI is InChI=1S/C13H21NO2/c1-4-14-13(11-5-6-15-8-11)12-7-9(2)16-10(12)3/h7,11,13-14H,4-6,8H2,1-3H3. The van der Waals surface area contributed by atoms with Crippen molar-refractivity contribution in [2.45, 2.75) is 33.2 Å². The summed E-state index contributed by atoms with van der Waals surface area (Å²) < 4.78 is 11.1. The van der Waals surface area contributed by atoms with Crippen LogP contribution in [-0.4, -0.2) is 19.8 Å². The third-order valence-electron chi connectivity index (χ3n) is 3.27. The molecule has 2 rings (SSSR count). The van der Waals surface area contributed by atoms with Crippen molar-refractivity contribution in [3.8, 4) is 0 Å². The van der Waals surface area contributed by atoms with Crippen molar-refractivity contribution in [2.24, 2.45) is 5.92 Å². The maximum absolute atomic E-state index is 5.62. The molecule has 2 atom stereocenters. The molecule has 1 aliphatic heterocycles. The Morgan fingerprint density at radius 3 is 2.81 bits per heavy atom. The summed E-state index contributed by atoms with van der Waals surface area (Å²) in [5.74, 6) is 2.61. The Morgan fingerprint density at radius 2 is 2.31 bits per heavy atom. The van der Waals surface area contributed by atoms with Crippen LogP contribution in [0.5, 0.6) is 0 Å². The molecule has 1 aromatic rings. The summed E-state index contributed by atoms with van der Waals surface area (Å²) in [6, 6.07) is 2.53. The average Bonchev–Trinajstić information content (AvgIpc) is 2.85. The smallest absolute Gasteiger partial charge is 0.105 e. The monoisotopic (exact) mass is 223 g/mol. The van der Waals surface area contributed by atoms with Gasteiger partial charge in [0.2, 0.25) is 0 Å². The Kier molecular flexibility index (Phi) is 3.66. The number of nitrogens with one attached hydrogen (secondary N) is 1. The zero-order chi connectivity index (χ0) is 11.5. The molecule has 0 aliphatic carbocycles. The summed E-state index contributed by atoms with van der Waals surface area (Å²) in [7, 11) is 0. The topological polar surface area (TPSA) is 34.4 Å². The predicted octanol–water partition coefficient (Wildman–Crippen LogP) is 2.58. The third kappa shape index (κ3) is 2.30. The van der Waals surface area contributed by atoms with E-state index in [-0.39, 0.29) is 0 Å². The van der Waals surface area contributed by atoms with Gasteiger partial charge in [-0.05, 0) is 32.9 Å². The molecule has 0 bridgehead atoms. The van der Waals surface area contributed by atoms with E-state index in [1.165, 1.54) is 5.56 Å². The van der Waals surface area contributed by atoms with E-state index in [4.69, 9.17) is 9.15 Å². The van der Waals surface area contributed by atoms with E-state index in [2.05, 4.69) is 18.3 Å². The zero-order valence-electron chi connectivity index (χ0n) is 10.4. The quantitative estimate of drug-likeness (QED) is 0.852. The van der Waals surface area contributed by atoms with E-state index in [0.717, 1.165) is 37.7 Å². The van der Waals surface area contributed by atoms with E-state index in [1.54, 1.807) is 0 Å². The lowest BCUT2D eigenvalue weighted by Crippen LogP contribution is -2.28. The molecule has 1 N–H and O–H groups in total. The van der Waals surface area contributed by atoms with Crippen molar-refractivity contribution >= 4 is 0 Å². The molecule has 1 saturated heterocycles. The molecule has 0 saturated carbocycles. The average molecular weight is 223 g/mol. The van der Waals surface area contributed by atoms with Crippen LogP contribution in [0.1, 0.15) is 36.5 Å². The number of furan rings is 1. The fraction of sp³-hybridized carbons (Fsp3) is 0.692. The lowest BCUT2D eigenvalue weighted by molar-refractivity contribution is 0.176. The highest BCUT2D eigenvalue weighted by molar-refractivity contribution is 5.25. The summed E-state index contributed by atoms with van der Waals surface area (Å²) in [5, 5.41) is 3.56. The highest BCUT2D eigenvalue weighted by Gasteiger charge is 2.28. The molecule has 3 nitrogen and oxygen atoms in total. The van der Waals surface area contributed by atoms with E-state index in [0.29, 0.717) is 12.0 Å². The number of aryl methyl sites for hydroxylation is 2. The maximum atomic E-state index is 5.62. The normalized spacial score (nSPS) is 22.6. The molecule has 90 valence electrons. The Hall–Kier alpha value is -0.800. The van der Waals surface area contributed by atoms with Gasteiger partial charge in [-0.1, -0.05) is 6.92 Å². The number of hydrogen-bond donors (Lipinski definition) is 1. The van der Waals surface area contributed by atoms with Crippen LogP contribution in [0.25, 0.3) is 0 Å². The van der Waals surface area contributed by atoms with Crippen LogP contribution >= 0.6 is 0 Å². The summed E-state index contributed by atoms with van der Waals surface area (Å²) in [6.07, 6.45) is 1.14. The number of hydrogen-bond acceptors (Lipinski definition) is 3. The molecular weight excluding hydrogens is 202 g/mol. The van der Waals surface area contributed by atoms with E-state index < -0.39 is 0 Å². The van der Waals surface area contributed by atoms with Crippen LogP contribution in [0.3, 0.4) is 0 Å². The molecule has 1 fully saturated rings.